The Morgan fingerprint density at radius 2 is 2.11 bits per heavy atom. The minimum absolute atomic E-state index is 0.0899. The second-order valence-electron chi connectivity index (χ2n) is 5.18. The van der Waals surface area contributed by atoms with E-state index >= 15 is 0 Å². The largest absolute Gasteiger partial charge is 0.481 e. The van der Waals surface area contributed by atoms with E-state index in [1.165, 1.54) is 12.1 Å². The molecule has 0 fully saturated rings. The maximum Gasteiger partial charge on any atom is 0.305 e. The van der Waals surface area contributed by atoms with Crippen molar-refractivity contribution in [2.75, 3.05) is 13.6 Å². The van der Waals surface area contributed by atoms with Crippen LogP contribution in [0.4, 0.5) is 4.39 Å². The van der Waals surface area contributed by atoms with Crippen molar-refractivity contribution >= 4 is 5.97 Å². The zero-order chi connectivity index (χ0) is 13.8. The first-order valence-electron chi connectivity index (χ1n) is 5.99. The van der Waals surface area contributed by atoms with E-state index in [-0.39, 0.29) is 12.2 Å². The minimum atomic E-state index is -0.808. The minimum Gasteiger partial charge on any atom is -0.481 e. The van der Waals surface area contributed by atoms with Gasteiger partial charge in [-0.25, -0.2) is 4.39 Å². The van der Waals surface area contributed by atoms with E-state index in [0.717, 1.165) is 5.56 Å². The van der Waals surface area contributed by atoms with Crippen LogP contribution < -0.4 is 0 Å². The van der Waals surface area contributed by atoms with Crippen molar-refractivity contribution in [2.24, 2.45) is 0 Å². The number of benzene rings is 1. The average molecular weight is 253 g/mol. The molecular formula is C14H20FNO2. The first-order chi connectivity index (χ1) is 8.31. The molecule has 0 saturated heterocycles. The molecule has 0 amide bonds. The highest BCUT2D eigenvalue weighted by molar-refractivity contribution is 5.68. The van der Waals surface area contributed by atoms with Crippen molar-refractivity contribution in [1.82, 2.24) is 4.90 Å². The molecule has 0 unspecified atom stereocenters. The third kappa shape index (κ3) is 4.45. The van der Waals surface area contributed by atoms with Crippen molar-refractivity contribution in [3.05, 3.63) is 35.6 Å². The molecular weight excluding hydrogens is 233 g/mol. The predicted octanol–water partition coefficient (Wildman–Crippen LogP) is 2.55. The lowest BCUT2D eigenvalue weighted by Crippen LogP contribution is -2.43. The molecule has 18 heavy (non-hydrogen) atoms. The molecule has 0 aliphatic heterocycles. The number of carboxylic acid groups (broad SMARTS) is 1. The fourth-order valence-electron chi connectivity index (χ4n) is 1.80. The van der Waals surface area contributed by atoms with E-state index in [4.69, 9.17) is 5.11 Å². The summed E-state index contributed by atoms with van der Waals surface area (Å²) in [5, 5.41) is 8.84. The van der Waals surface area contributed by atoms with Crippen LogP contribution in [0.25, 0.3) is 0 Å². The van der Waals surface area contributed by atoms with E-state index in [2.05, 4.69) is 0 Å². The van der Waals surface area contributed by atoms with Gasteiger partial charge in [0.25, 0.3) is 0 Å². The molecule has 3 nitrogen and oxygen atoms in total. The topological polar surface area (TPSA) is 40.5 Å². The lowest BCUT2D eigenvalue weighted by atomic mass is 9.98. The van der Waals surface area contributed by atoms with Crippen LogP contribution in [0.5, 0.6) is 0 Å². The number of carboxylic acids is 1. The van der Waals surface area contributed by atoms with Gasteiger partial charge in [-0.1, -0.05) is 12.1 Å². The summed E-state index contributed by atoms with van der Waals surface area (Å²) in [6, 6.07) is 6.49. The fraction of sp³-hybridized carbons (Fsp3) is 0.500. The number of hydrogen-bond donors (Lipinski definition) is 1. The third-order valence-electron chi connectivity index (χ3n) is 3.24. The maximum atomic E-state index is 13.0. The van der Waals surface area contributed by atoms with Gasteiger partial charge in [0.05, 0.1) is 6.42 Å². The second kappa shape index (κ2) is 5.96. The van der Waals surface area contributed by atoms with Crippen molar-refractivity contribution in [2.45, 2.75) is 32.2 Å². The number of hydrogen-bond acceptors (Lipinski definition) is 2. The molecule has 100 valence electrons. The second-order valence-corrected chi connectivity index (χ2v) is 5.18. The molecule has 0 saturated carbocycles. The SMILES string of the molecule is CN(CCc1cccc(F)c1)C(C)(C)CC(=O)O. The summed E-state index contributed by atoms with van der Waals surface area (Å²) >= 11 is 0. The molecule has 4 heteroatoms. The monoisotopic (exact) mass is 253 g/mol. The van der Waals surface area contributed by atoms with Crippen LogP contribution in [-0.2, 0) is 11.2 Å². The summed E-state index contributed by atoms with van der Waals surface area (Å²) in [5.74, 6) is -1.04. The summed E-state index contributed by atoms with van der Waals surface area (Å²) in [4.78, 5) is 12.8. The van der Waals surface area contributed by atoms with E-state index in [1.807, 2.05) is 31.9 Å². The maximum absolute atomic E-state index is 13.0. The number of likely N-dealkylation sites (N-methyl/N-ethyl adjacent to an activating group) is 1. The average Bonchev–Trinajstić information content (AvgIpc) is 2.24. The van der Waals surface area contributed by atoms with E-state index in [9.17, 15) is 9.18 Å². The number of aliphatic carboxylic acids is 1. The number of carbonyl (C=O) groups is 1. The van der Waals surface area contributed by atoms with Gasteiger partial charge in [0.2, 0.25) is 0 Å². The molecule has 0 aliphatic carbocycles. The van der Waals surface area contributed by atoms with E-state index in [1.54, 1.807) is 6.07 Å². The molecule has 0 heterocycles. The van der Waals surface area contributed by atoms with Gasteiger partial charge in [-0.3, -0.25) is 4.79 Å². The van der Waals surface area contributed by atoms with Gasteiger partial charge in [0.15, 0.2) is 0 Å². The Bertz CT molecular complexity index is 418. The number of rotatable bonds is 6. The van der Waals surface area contributed by atoms with Crippen LogP contribution in [0.3, 0.4) is 0 Å². The van der Waals surface area contributed by atoms with Crippen molar-refractivity contribution in [1.29, 1.82) is 0 Å². The molecule has 0 aromatic heterocycles. The Labute approximate surface area is 107 Å². The molecule has 0 radical (unpaired) electrons. The normalized spacial score (nSPS) is 11.8. The lowest BCUT2D eigenvalue weighted by molar-refractivity contribution is -0.139. The Morgan fingerprint density at radius 1 is 1.44 bits per heavy atom. The summed E-state index contributed by atoms with van der Waals surface area (Å²) in [5.41, 5.74) is 0.520. The zero-order valence-electron chi connectivity index (χ0n) is 11.1. The van der Waals surface area contributed by atoms with Crippen molar-refractivity contribution in [3.63, 3.8) is 0 Å². The van der Waals surface area contributed by atoms with Crippen LogP contribution in [0, 0.1) is 5.82 Å². The molecule has 0 spiro atoms. The Morgan fingerprint density at radius 3 is 2.67 bits per heavy atom. The van der Waals surface area contributed by atoms with Gasteiger partial charge in [0, 0.05) is 12.1 Å². The smallest absolute Gasteiger partial charge is 0.305 e. The van der Waals surface area contributed by atoms with Crippen LogP contribution in [0.2, 0.25) is 0 Å². The first-order valence-corrected chi connectivity index (χ1v) is 5.99. The Hall–Kier alpha value is -1.42. The van der Waals surface area contributed by atoms with Crippen molar-refractivity contribution in [3.8, 4) is 0 Å². The molecule has 1 N–H and O–H groups in total. The van der Waals surface area contributed by atoms with Crippen LogP contribution in [0.15, 0.2) is 24.3 Å². The summed E-state index contributed by atoms with van der Waals surface area (Å²) < 4.78 is 13.0. The highest BCUT2D eigenvalue weighted by Crippen LogP contribution is 2.17. The van der Waals surface area contributed by atoms with Crippen molar-refractivity contribution < 1.29 is 14.3 Å². The summed E-state index contributed by atoms with van der Waals surface area (Å²) in [7, 11) is 1.89. The van der Waals surface area contributed by atoms with E-state index in [0.29, 0.717) is 13.0 Å². The van der Waals surface area contributed by atoms with Crippen LogP contribution in [-0.4, -0.2) is 35.1 Å². The van der Waals surface area contributed by atoms with Crippen LogP contribution >= 0.6 is 0 Å². The Balaban J connectivity index is 2.55. The predicted molar refractivity (Wildman–Crippen MR) is 69.1 cm³/mol. The molecule has 0 bridgehead atoms. The molecule has 0 atom stereocenters. The number of nitrogens with zero attached hydrogens (tertiary/aromatic N) is 1. The lowest BCUT2D eigenvalue weighted by Gasteiger charge is -2.34. The van der Waals surface area contributed by atoms with Gasteiger partial charge in [0.1, 0.15) is 5.82 Å². The third-order valence-corrected chi connectivity index (χ3v) is 3.24. The van der Waals surface area contributed by atoms with E-state index < -0.39 is 11.5 Å². The molecule has 1 rings (SSSR count). The molecule has 0 aliphatic rings. The summed E-state index contributed by atoms with van der Waals surface area (Å²) in [6.07, 6.45) is 0.796. The first kappa shape index (κ1) is 14.6. The fourth-order valence-corrected chi connectivity index (χ4v) is 1.80. The molecule has 1 aromatic rings. The highest BCUT2D eigenvalue weighted by atomic mass is 19.1. The van der Waals surface area contributed by atoms with Gasteiger partial charge < -0.3 is 10.0 Å². The zero-order valence-corrected chi connectivity index (χ0v) is 11.1. The summed E-state index contributed by atoms with van der Waals surface area (Å²) in [6.45, 7) is 4.49. The van der Waals surface area contributed by atoms with Gasteiger partial charge >= 0.3 is 5.97 Å². The van der Waals surface area contributed by atoms with Gasteiger partial charge in [-0.05, 0) is 45.0 Å². The molecule has 1 aromatic carbocycles. The highest BCUT2D eigenvalue weighted by Gasteiger charge is 2.26. The van der Waals surface area contributed by atoms with Gasteiger partial charge in [-0.2, -0.15) is 0 Å². The van der Waals surface area contributed by atoms with Gasteiger partial charge in [-0.15, -0.1) is 0 Å². The van der Waals surface area contributed by atoms with Crippen LogP contribution in [0.1, 0.15) is 25.8 Å². The number of halogens is 1. The standard InChI is InChI=1S/C14H20FNO2/c1-14(2,10-13(17)18)16(3)8-7-11-5-4-6-12(15)9-11/h4-6,9H,7-8,10H2,1-3H3,(H,17,18). The quantitative estimate of drug-likeness (QED) is 0.847. The Kier molecular flexibility index (Phi) is 4.84.